The number of hydrogen-bond donors (Lipinski definition) is 1. The molecule has 0 saturated carbocycles. The van der Waals surface area contributed by atoms with E-state index in [1.807, 2.05) is 0 Å². The highest BCUT2D eigenvalue weighted by Gasteiger charge is 2.40. The summed E-state index contributed by atoms with van der Waals surface area (Å²) in [6.07, 6.45) is -1.18. The van der Waals surface area contributed by atoms with Crippen LogP contribution in [0.1, 0.15) is 33.1 Å². The maximum Gasteiger partial charge on any atom is 0.319 e. The zero-order valence-corrected chi connectivity index (χ0v) is 10.9. The average molecular weight is 270 g/mol. The normalized spacial score (nSPS) is 23.7. The zero-order valence-electron chi connectivity index (χ0n) is 10.9. The van der Waals surface area contributed by atoms with E-state index in [9.17, 15) is 17.6 Å². The fraction of sp³-hybridized carbons (Fsp3) is 1.00. The van der Waals surface area contributed by atoms with Gasteiger partial charge in [-0.25, -0.2) is 8.78 Å². The quantitative estimate of drug-likeness (QED) is 0.773. The van der Waals surface area contributed by atoms with Crippen LogP contribution in [-0.4, -0.2) is 49.0 Å². The molecule has 6 heteroatoms. The lowest BCUT2D eigenvalue weighted by Gasteiger charge is -2.25. The van der Waals surface area contributed by atoms with Crippen LogP contribution in [0.15, 0.2) is 0 Å². The van der Waals surface area contributed by atoms with Crippen molar-refractivity contribution in [3.05, 3.63) is 0 Å². The van der Waals surface area contributed by atoms with E-state index in [0.29, 0.717) is 6.04 Å². The molecule has 0 bridgehead atoms. The number of alkyl halides is 4. The van der Waals surface area contributed by atoms with Gasteiger partial charge < -0.3 is 10.2 Å². The smallest absolute Gasteiger partial charge is 0.308 e. The molecule has 1 N–H and O–H groups in total. The van der Waals surface area contributed by atoms with Gasteiger partial charge in [-0.2, -0.15) is 8.78 Å². The molecule has 18 heavy (non-hydrogen) atoms. The predicted molar refractivity (Wildman–Crippen MR) is 63.3 cm³/mol. The van der Waals surface area contributed by atoms with E-state index < -0.39 is 18.9 Å². The summed E-state index contributed by atoms with van der Waals surface area (Å²) in [6, 6.07) is 0.352. The average Bonchev–Trinajstić information content (AvgIpc) is 2.51. The summed E-state index contributed by atoms with van der Waals surface area (Å²) in [7, 11) is 0. The summed E-state index contributed by atoms with van der Waals surface area (Å²) >= 11 is 0. The van der Waals surface area contributed by atoms with Gasteiger partial charge in [-0.3, -0.25) is 0 Å². The molecular formula is C12H22F4N2. The third kappa shape index (κ3) is 4.72. The Morgan fingerprint density at radius 1 is 1.22 bits per heavy atom. The van der Waals surface area contributed by atoms with E-state index >= 15 is 0 Å². The van der Waals surface area contributed by atoms with Gasteiger partial charge in [-0.15, -0.1) is 0 Å². The predicted octanol–water partition coefficient (Wildman–Crippen LogP) is 2.74. The van der Waals surface area contributed by atoms with Gasteiger partial charge in [0.25, 0.3) is 0 Å². The summed E-state index contributed by atoms with van der Waals surface area (Å²) in [6.45, 7) is 5.03. The monoisotopic (exact) mass is 270 g/mol. The lowest BCUT2D eigenvalue weighted by atomic mass is 10.1. The fourth-order valence-electron chi connectivity index (χ4n) is 2.20. The topological polar surface area (TPSA) is 15.3 Å². The maximum atomic E-state index is 12.8. The minimum atomic E-state index is -3.93. The Morgan fingerprint density at radius 3 is 2.44 bits per heavy atom. The first-order chi connectivity index (χ1) is 8.33. The third-order valence-electron chi connectivity index (χ3n) is 3.44. The lowest BCUT2D eigenvalue weighted by molar-refractivity contribution is -0.126. The zero-order chi connectivity index (χ0) is 13.8. The second kappa shape index (κ2) is 6.70. The van der Waals surface area contributed by atoms with E-state index in [1.54, 1.807) is 0 Å². The van der Waals surface area contributed by atoms with Gasteiger partial charge in [0, 0.05) is 12.1 Å². The fourth-order valence-corrected chi connectivity index (χ4v) is 2.20. The highest BCUT2D eigenvalue weighted by molar-refractivity contribution is 4.80. The number of nitrogens with zero attached hydrogens (tertiary/aromatic N) is 1. The van der Waals surface area contributed by atoms with Crippen LogP contribution in [0.4, 0.5) is 17.6 Å². The van der Waals surface area contributed by atoms with Gasteiger partial charge in [-0.1, -0.05) is 0 Å². The Labute approximate surface area is 106 Å². The first-order valence-electron chi connectivity index (χ1n) is 6.46. The first kappa shape index (κ1) is 15.7. The molecule has 1 fully saturated rings. The second-order valence-corrected chi connectivity index (χ2v) is 5.20. The van der Waals surface area contributed by atoms with E-state index in [2.05, 4.69) is 24.1 Å². The van der Waals surface area contributed by atoms with Crippen molar-refractivity contribution in [2.24, 2.45) is 0 Å². The molecule has 1 saturated heterocycles. The molecule has 1 rings (SSSR count). The number of hydrogen-bond acceptors (Lipinski definition) is 2. The van der Waals surface area contributed by atoms with Crippen LogP contribution in [0, 0.1) is 0 Å². The number of rotatable bonds is 5. The molecule has 0 spiro atoms. The van der Waals surface area contributed by atoms with Crippen LogP contribution in [0.3, 0.4) is 0 Å². The van der Waals surface area contributed by atoms with Crippen LogP contribution >= 0.6 is 0 Å². The van der Waals surface area contributed by atoms with Gasteiger partial charge in [0.2, 0.25) is 0 Å². The molecule has 0 radical (unpaired) electrons. The summed E-state index contributed by atoms with van der Waals surface area (Å²) < 4.78 is 49.6. The number of likely N-dealkylation sites (tertiary alicyclic amines) is 1. The summed E-state index contributed by atoms with van der Waals surface area (Å²) in [5.74, 6) is -3.93. The molecule has 1 heterocycles. The Hall–Kier alpha value is -0.360. The van der Waals surface area contributed by atoms with E-state index in [-0.39, 0.29) is 6.04 Å². The van der Waals surface area contributed by atoms with E-state index in [4.69, 9.17) is 0 Å². The molecule has 0 aliphatic carbocycles. The summed E-state index contributed by atoms with van der Waals surface area (Å²) in [5, 5.41) is 2.59. The molecule has 0 aromatic heterocycles. The lowest BCUT2D eigenvalue weighted by Crippen LogP contribution is -2.43. The molecule has 0 aromatic carbocycles. The third-order valence-corrected chi connectivity index (χ3v) is 3.44. The molecule has 0 amide bonds. The van der Waals surface area contributed by atoms with Crippen molar-refractivity contribution >= 4 is 0 Å². The second-order valence-electron chi connectivity index (χ2n) is 5.20. The van der Waals surface area contributed by atoms with Gasteiger partial charge in [0.1, 0.15) is 0 Å². The summed E-state index contributed by atoms with van der Waals surface area (Å²) in [5.41, 5.74) is 0. The van der Waals surface area contributed by atoms with Gasteiger partial charge in [0.15, 0.2) is 0 Å². The Morgan fingerprint density at radius 2 is 1.89 bits per heavy atom. The minimum Gasteiger partial charge on any atom is -0.308 e. The highest BCUT2D eigenvalue weighted by atomic mass is 19.3. The largest absolute Gasteiger partial charge is 0.319 e. The Balaban J connectivity index is 2.36. The highest BCUT2D eigenvalue weighted by Crippen LogP contribution is 2.22. The van der Waals surface area contributed by atoms with Crippen molar-refractivity contribution in [3.63, 3.8) is 0 Å². The molecule has 1 unspecified atom stereocenters. The number of nitrogens with one attached hydrogen (secondary N) is 1. The van der Waals surface area contributed by atoms with Crippen molar-refractivity contribution in [3.8, 4) is 0 Å². The first-order valence-corrected chi connectivity index (χ1v) is 6.46. The van der Waals surface area contributed by atoms with Crippen LogP contribution in [0.5, 0.6) is 0 Å². The van der Waals surface area contributed by atoms with Crippen molar-refractivity contribution in [1.82, 2.24) is 10.2 Å². The molecule has 0 aromatic rings. The minimum absolute atomic E-state index is 0.0848. The van der Waals surface area contributed by atoms with Gasteiger partial charge in [0.05, 0.1) is 6.54 Å². The van der Waals surface area contributed by atoms with Gasteiger partial charge in [-0.05, 0) is 46.2 Å². The van der Waals surface area contributed by atoms with Crippen LogP contribution in [0.25, 0.3) is 0 Å². The van der Waals surface area contributed by atoms with Gasteiger partial charge >= 0.3 is 12.3 Å². The molecule has 1 aliphatic heterocycles. The van der Waals surface area contributed by atoms with Crippen LogP contribution in [0.2, 0.25) is 0 Å². The van der Waals surface area contributed by atoms with Crippen molar-refractivity contribution in [2.45, 2.75) is 57.5 Å². The van der Waals surface area contributed by atoms with E-state index in [1.165, 1.54) is 0 Å². The Bertz CT molecular complexity index is 246. The molecule has 2 nitrogen and oxygen atoms in total. The number of halogens is 4. The maximum absolute atomic E-state index is 12.8. The van der Waals surface area contributed by atoms with Crippen molar-refractivity contribution in [1.29, 1.82) is 0 Å². The van der Waals surface area contributed by atoms with Crippen molar-refractivity contribution in [2.75, 3.05) is 19.6 Å². The Kier molecular flexibility index (Phi) is 5.85. The summed E-state index contributed by atoms with van der Waals surface area (Å²) in [4.78, 5) is 2.28. The molecule has 1 aliphatic rings. The van der Waals surface area contributed by atoms with Crippen LogP contribution < -0.4 is 5.32 Å². The standard InChI is InChI=1S/C12H22F4N2/c1-9(2)18-6-3-4-10(5-7-18)17-8-12(15,16)11(13)14/h9-11,17H,3-8H2,1-2H3. The van der Waals surface area contributed by atoms with Crippen molar-refractivity contribution < 1.29 is 17.6 Å². The molecule has 1 atom stereocenters. The SMILES string of the molecule is CC(C)N1CCCC(NCC(F)(F)C(F)F)CC1. The molecule has 108 valence electrons. The van der Waals surface area contributed by atoms with Crippen LogP contribution in [-0.2, 0) is 0 Å². The van der Waals surface area contributed by atoms with E-state index in [0.717, 1.165) is 32.4 Å². The molecular weight excluding hydrogens is 248 g/mol.